The van der Waals surface area contributed by atoms with E-state index in [2.05, 4.69) is 125 Å². The van der Waals surface area contributed by atoms with Crippen molar-refractivity contribution in [3.63, 3.8) is 0 Å². The van der Waals surface area contributed by atoms with Gasteiger partial charge in [0, 0.05) is 34.3 Å². The van der Waals surface area contributed by atoms with Crippen molar-refractivity contribution in [1.29, 1.82) is 0 Å². The summed E-state index contributed by atoms with van der Waals surface area (Å²) in [5, 5.41) is 12.6. The van der Waals surface area contributed by atoms with Gasteiger partial charge in [-0.25, -0.2) is 34.0 Å². The van der Waals surface area contributed by atoms with Crippen molar-refractivity contribution in [2.75, 3.05) is 31.0 Å². The van der Waals surface area contributed by atoms with Crippen LogP contribution in [0, 0.1) is 18.6 Å². The first kappa shape index (κ1) is 57.6. The van der Waals surface area contributed by atoms with E-state index in [9.17, 15) is 23.2 Å². The number of aromatic nitrogens is 12. The van der Waals surface area contributed by atoms with Gasteiger partial charge in [-0.1, -0.05) is 170 Å². The third kappa shape index (κ3) is 13.3. The van der Waals surface area contributed by atoms with Crippen molar-refractivity contribution in [2.24, 2.45) is 0 Å². The lowest BCUT2D eigenvalue weighted by atomic mass is 9.86. The molecule has 0 aliphatic rings. The number of nitrogens with zero attached hydrogens (tertiary/aromatic N) is 9. The van der Waals surface area contributed by atoms with Gasteiger partial charge in [0.05, 0.1) is 6.61 Å². The Hall–Kier alpha value is -7.62. The highest BCUT2D eigenvalue weighted by Crippen LogP contribution is 2.30. The Morgan fingerprint density at radius 1 is 0.570 bits per heavy atom. The number of anilines is 1. The SMILES string of the molecule is CSc1nc(-c2ccc(C(C)(C)C)cc2)nc2c(F)c(=O)[nH]n12.CSc1nc(-c2ccc(C(C)(C)C)cc2)nc2cc(=O)[nH]n12.Cc1cc(OCCCNc2nc(-c3ccc(C(C)(C)C)cc3)nc3c(F)c(=O)[nH]n23)ccc1Cl. The topological polar surface area (TPSA) is 210 Å². The molecule has 17 nitrogen and oxygen atoms in total. The fourth-order valence-corrected chi connectivity index (χ4v) is 9.14. The highest BCUT2D eigenvalue weighted by molar-refractivity contribution is 7.98. The van der Waals surface area contributed by atoms with Gasteiger partial charge in [0.25, 0.3) is 5.56 Å². The molecule has 0 atom stereocenters. The minimum atomic E-state index is -0.945. The van der Waals surface area contributed by atoms with Crippen molar-refractivity contribution in [2.45, 2.75) is 102 Å². The number of rotatable bonds is 11. The molecule has 0 saturated heterocycles. The number of aryl methyl sites for hydroxylation is 1. The van der Waals surface area contributed by atoms with Gasteiger partial charge in [0.2, 0.25) is 17.6 Å². The van der Waals surface area contributed by atoms with E-state index in [1.807, 2.05) is 92.2 Å². The molecule has 0 aliphatic carbocycles. The highest BCUT2D eigenvalue weighted by atomic mass is 35.5. The molecule has 10 aromatic rings. The Morgan fingerprint density at radius 2 is 1.01 bits per heavy atom. The Morgan fingerprint density at radius 3 is 1.48 bits per heavy atom. The van der Waals surface area contributed by atoms with Crippen LogP contribution in [0.1, 0.15) is 91.0 Å². The second-order valence-electron chi connectivity index (χ2n) is 21.6. The normalized spacial score (nSPS) is 11.9. The molecule has 0 bridgehead atoms. The zero-order valence-electron chi connectivity index (χ0n) is 46.0. The number of fused-ring (bicyclic) bond motifs is 3. The minimum Gasteiger partial charge on any atom is -0.494 e. The molecule has 6 heterocycles. The quantitative estimate of drug-likeness (QED) is 0.0702. The summed E-state index contributed by atoms with van der Waals surface area (Å²) in [4.78, 5) is 61.3. The molecule has 0 amide bonds. The number of aromatic amines is 3. The number of halogens is 3. The molecule has 0 aliphatic heterocycles. The Balaban J connectivity index is 0.000000161. The number of nitrogens with one attached hydrogen (secondary N) is 4. The standard InChI is InChI=1S/C25H27ClFN5O2.C16H17FN4OS.C16H18N4OS/c1-15-14-18(10-11-19(15)26)34-13-5-12-28-24-30-21(29-22-20(27)23(33)31-32(22)24)16-6-8-17(9-7-16)25(2,3)4;1-16(2,3)10-7-5-9(6-8-10)12-18-13-11(17)14(22)20-21(13)15(19-12)23-4;1-16(2,3)11-7-5-10(6-8-11)14-17-12-9-13(21)19-20(12)15(18-14)22-4/h6-11,14H,5,12-13H2,1-4H3,(H,31,33)(H,28,29,30);5-8H,1-4H3,(H,20,22);5-9H,1-4H3,(H,19,21). The maximum atomic E-state index is 14.4. The lowest BCUT2D eigenvalue weighted by molar-refractivity contribution is 0.314. The van der Waals surface area contributed by atoms with Crippen LogP contribution in [0.15, 0.2) is 122 Å². The predicted molar refractivity (Wildman–Crippen MR) is 311 cm³/mol. The van der Waals surface area contributed by atoms with Crippen molar-refractivity contribution in [3.05, 3.63) is 167 Å². The van der Waals surface area contributed by atoms with Gasteiger partial charge in [-0.2, -0.15) is 18.3 Å². The molecule has 4 N–H and O–H groups in total. The largest absolute Gasteiger partial charge is 0.494 e. The Bertz CT molecular complexity index is 3980. The van der Waals surface area contributed by atoms with Crippen LogP contribution in [0.3, 0.4) is 0 Å². The minimum absolute atomic E-state index is 0.00287. The lowest BCUT2D eigenvalue weighted by Crippen LogP contribution is -2.14. The summed E-state index contributed by atoms with van der Waals surface area (Å²) in [6.45, 7) is 22.2. The fraction of sp³-hybridized carbons (Fsp3) is 0.316. The summed E-state index contributed by atoms with van der Waals surface area (Å²) in [6, 6.07) is 30.9. The molecular weight excluding hydrogens is 1070 g/mol. The van der Waals surface area contributed by atoms with Crippen LogP contribution in [0.25, 0.3) is 51.1 Å². The average Bonchev–Trinajstić information content (AvgIpc) is 4.11. The Labute approximate surface area is 468 Å². The summed E-state index contributed by atoms with van der Waals surface area (Å²) in [6.07, 6.45) is 4.38. The molecule has 22 heteroatoms. The van der Waals surface area contributed by atoms with Gasteiger partial charge in [0.15, 0.2) is 44.7 Å². The second-order valence-corrected chi connectivity index (χ2v) is 23.6. The van der Waals surface area contributed by atoms with E-state index in [0.29, 0.717) is 64.0 Å². The molecule has 0 spiro atoms. The van der Waals surface area contributed by atoms with E-state index in [1.54, 1.807) is 10.6 Å². The predicted octanol–water partition coefficient (Wildman–Crippen LogP) is 11.7. The van der Waals surface area contributed by atoms with Gasteiger partial charge in [0.1, 0.15) is 5.75 Å². The van der Waals surface area contributed by atoms with Crippen LogP contribution < -0.4 is 26.7 Å². The van der Waals surface area contributed by atoms with Crippen LogP contribution >= 0.6 is 35.1 Å². The molecule has 0 saturated carbocycles. The first-order chi connectivity index (χ1) is 37.3. The van der Waals surface area contributed by atoms with Crippen LogP contribution in [0.4, 0.5) is 14.7 Å². The van der Waals surface area contributed by atoms with Crippen LogP contribution in [-0.4, -0.2) is 84.4 Å². The molecule has 6 aromatic heterocycles. The third-order valence-electron chi connectivity index (χ3n) is 12.6. The van der Waals surface area contributed by atoms with Gasteiger partial charge in [-0.15, -0.1) is 0 Å². The van der Waals surface area contributed by atoms with E-state index >= 15 is 0 Å². The number of thioether (sulfide) groups is 2. The van der Waals surface area contributed by atoms with Crippen molar-refractivity contribution in [1.82, 2.24) is 58.7 Å². The van der Waals surface area contributed by atoms with Gasteiger partial charge < -0.3 is 10.1 Å². The van der Waals surface area contributed by atoms with E-state index in [-0.39, 0.29) is 33.1 Å². The van der Waals surface area contributed by atoms with E-state index in [0.717, 1.165) is 33.6 Å². The van der Waals surface area contributed by atoms with Gasteiger partial charge >= 0.3 is 11.1 Å². The number of ether oxygens (including phenoxy) is 1. The van der Waals surface area contributed by atoms with E-state index in [1.165, 1.54) is 49.7 Å². The maximum Gasteiger partial charge on any atom is 0.302 e. The number of H-pyrrole nitrogens is 3. The van der Waals surface area contributed by atoms with E-state index < -0.39 is 22.8 Å². The summed E-state index contributed by atoms with van der Waals surface area (Å²) in [5.41, 5.74) is 5.80. The monoisotopic (exact) mass is 1130 g/mol. The first-order valence-corrected chi connectivity index (χ1v) is 28.1. The Kier molecular flexibility index (Phi) is 17.0. The number of benzene rings is 4. The zero-order chi connectivity index (χ0) is 57.1. The average molecular weight is 1130 g/mol. The third-order valence-corrected chi connectivity index (χ3v) is 14.3. The molecule has 412 valence electrons. The molecule has 4 aromatic carbocycles. The first-order valence-electron chi connectivity index (χ1n) is 25.2. The van der Waals surface area contributed by atoms with E-state index in [4.69, 9.17) is 16.3 Å². The van der Waals surface area contributed by atoms with Crippen molar-refractivity contribution >= 4 is 58.0 Å². The zero-order valence-corrected chi connectivity index (χ0v) is 48.4. The van der Waals surface area contributed by atoms with Crippen LogP contribution in [0.2, 0.25) is 5.02 Å². The summed E-state index contributed by atoms with van der Waals surface area (Å²) in [7, 11) is 0. The second kappa shape index (κ2) is 23.4. The highest BCUT2D eigenvalue weighted by Gasteiger charge is 2.21. The smallest absolute Gasteiger partial charge is 0.302 e. The molecular formula is C57H62ClF2N13O4S2. The van der Waals surface area contributed by atoms with Crippen molar-refractivity contribution < 1.29 is 13.5 Å². The molecule has 79 heavy (non-hydrogen) atoms. The maximum absolute atomic E-state index is 14.4. The molecule has 10 rings (SSSR count). The molecule has 0 radical (unpaired) electrons. The lowest BCUT2D eigenvalue weighted by Gasteiger charge is -2.19. The number of hydrogen-bond acceptors (Lipinski definition) is 13. The van der Waals surface area contributed by atoms with Crippen LogP contribution in [-0.2, 0) is 16.2 Å². The van der Waals surface area contributed by atoms with Crippen LogP contribution in [0.5, 0.6) is 5.75 Å². The fourth-order valence-electron chi connectivity index (χ4n) is 8.03. The summed E-state index contributed by atoms with van der Waals surface area (Å²) >= 11 is 8.83. The number of hydrogen-bond donors (Lipinski definition) is 4. The molecule has 0 fully saturated rings. The summed E-state index contributed by atoms with van der Waals surface area (Å²) in [5.74, 6) is 0.548. The molecule has 0 unspecified atom stereocenters. The summed E-state index contributed by atoms with van der Waals surface area (Å²) < 4.78 is 38.2. The van der Waals surface area contributed by atoms with Gasteiger partial charge in [-0.05, 0) is 82.6 Å². The van der Waals surface area contributed by atoms with Gasteiger partial charge in [-0.3, -0.25) is 29.7 Å². The van der Waals surface area contributed by atoms with Crippen molar-refractivity contribution in [3.8, 4) is 39.9 Å².